The Kier molecular flexibility index (Phi) is 6.17. The van der Waals surface area contributed by atoms with E-state index < -0.39 is 0 Å². The van der Waals surface area contributed by atoms with E-state index >= 15 is 0 Å². The largest absolute Gasteiger partial charge is 0.493 e. The first-order chi connectivity index (χ1) is 11.6. The number of hydrogen-bond acceptors (Lipinski definition) is 5. The zero-order valence-corrected chi connectivity index (χ0v) is 13.6. The molecule has 7 heteroatoms. The summed E-state index contributed by atoms with van der Waals surface area (Å²) >= 11 is 5.84. The molecule has 0 heterocycles. The van der Waals surface area contributed by atoms with Crippen LogP contribution in [0.25, 0.3) is 0 Å². The molecule has 0 aliphatic heterocycles. The van der Waals surface area contributed by atoms with Gasteiger partial charge in [-0.1, -0.05) is 17.7 Å². The number of amides is 1. The summed E-state index contributed by atoms with van der Waals surface area (Å²) in [6, 6.07) is 13.5. The topological polar surface area (TPSA) is 83.7 Å². The minimum atomic E-state index is -0.366. The van der Waals surface area contributed by atoms with Crippen molar-refractivity contribution in [3.63, 3.8) is 0 Å². The minimum Gasteiger partial charge on any atom is -0.493 e. The SMILES string of the molecule is COc1cc(/C=N\NC(=O)c2cccc(Cl)c2)ccc1OCC#N. The molecular weight excluding hydrogens is 330 g/mol. The van der Waals surface area contributed by atoms with Crippen LogP contribution >= 0.6 is 11.6 Å². The van der Waals surface area contributed by atoms with Gasteiger partial charge in [0.05, 0.1) is 13.3 Å². The predicted octanol–water partition coefficient (Wildman–Crippen LogP) is 3.01. The normalized spacial score (nSPS) is 10.2. The maximum absolute atomic E-state index is 11.9. The summed E-state index contributed by atoms with van der Waals surface area (Å²) in [5, 5.41) is 12.9. The summed E-state index contributed by atoms with van der Waals surface area (Å²) in [5.74, 6) is 0.559. The van der Waals surface area contributed by atoms with Crippen LogP contribution in [0.5, 0.6) is 11.5 Å². The molecule has 1 amide bonds. The van der Waals surface area contributed by atoms with Gasteiger partial charge in [0.15, 0.2) is 18.1 Å². The highest BCUT2D eigenvalue weighted by atomic mass is 35.5. The highest BCUT2D eigenvalue weighted by Crippen LogP contribution is 2.27. The van der Waals surface area contributed by atoms with E-state index in [1.54, 1.807) is 42.5 Å². The highest BCUT2D eigenvalue weighted by Gasteiger charge is 2.06. The summed E-state index contributed by atoms with van der Waals surface area (Å²) < 4.78 is 10.4. The second kappa shape index (κ2) is 8.56. The summed E-state index contributed by atoms with van der Waals surface area (Å²) in [6.45, 7) is -0.0700. The molecular formula is C17H14ClN3O3. The molecule has 0 saturated carbocycles. The molecule has 0 spiro atoms. The number of nitrogens with zero attached hydrogens (tertiary/aromatic N) is 2. The van der Waals surface area contributed by atoms with E-state index in [-0.39, 0.29) is 12.5 Å². The lowest BCUT2D eigenvalue weighted by molar-refractivity contribution is 0.0955. The van der Waals surface area contributed by atoms with Crippen molar-refractivity contribution in [2.45, 2.75) is 0 Å². The molecule has 2 aromatic carbocycles. The number of ether oxygens (including phenoxy) is 2. The van der Waals surface area contributed by atoms with Gasteiger partial charge in [0.25, 0.3) is 5.91 Å². The average Bonchev–Trinajstić information content (AvgIpc) is 2.60. The van der Waals surface area contributed by atoms with Crippen molar-refractivity contribution < 1.29 is 14.3 Å². The van der Waals surface area contributed by atoms with Crippen molar-refractivity contribution >= 4 is 23.7 Å². The second-order valence-electron chi connectivity index (χ2n) is 4.57. The van der Waals surface area contributed by atoms with Crippen LogP contribution in [-0.2, 0) is 0 Å². The number of nitriles is 1. The molecule has 122 valence electrons. The van der Waals surface area contributed by atoms with E-state index in [2.05, 4.69) is 10.5 Å². The Morgan fingerprint density at radius 3 is 2.88 bits per heavy atom. The third kappa shape index (κ3) is 4.73. The maximum atomic E-state index is 11.9. The van der Waals surface area contributed by atoms with Gasteiger partial charge in [-0.05, 0) is 42.0 Å². The van der Waals surface area contributed by atoms with Gasteiger partial charge >= 0.3 is 0 Å². The van der Waals surface area contributed by atoms with Crippen molar-refractivity contribution in [2.24, 2.45) is 5.10 Å². The number of rotatable bonds is 6. The lowest BCUT2D eigenvalue weighted by atomic mass is 10.2. The van der Waals surface area contributed by atoms with Gasteiger partial charge < -0.3 is 9.47 Å². The van der Waals surface area contributed by atoms with Gasteiger partial charge in [-0.3, -0.25) is 4.79 Å². The minimum absolute atomic E-state index is 0.0700. The first-order valence-electron chi connectivity index (χ1n) is 6.91. The Labute approximate surface area is 144 Å². The van der Waals surface area contributed by atoms with E-state index in [1.165, 1.54) is 13.3 Å². The van der Waals surface area contributed by atoms with Gasteiger partial charge in [0, 0.05) is 10.6 Å². The molecule has 2 rings (SSSR count). The molecule has 0 aliphatic carbocycles. The van der Waals surface area contributed by atoms with E-state index in [0.717, 1.165) is 0 Å². The van der Waals surface area contributed by atoms with Crippen molar-refractivity contribution in [1.29, 1.82) is 5.26 Å². The molecule has 0 aromatic heterocycles. The summed E-state index contributed by atoms with van der Waals surface area (Å²) in [4.78, 5) is 11.9. The summed E-state index contributed by atoms with van der Waals surface area (Å²) in [5.41, 5.74) is 3.53. The van der Waals surface area contributed by atoms with Crippen LogP contribution in [0, 0.1) is 11.3 Å². The molecule has 0 aliphatic rings. The van der Waals surface area contributed by atoms with E-state index in [9.17, 15) is 4.79 Å². The number of carbonyl (C=O) groups is 1. The Hall–Kier alpha value is -3.04. The molecule has 0 radical (unpaired) electrons. The van der Waals surface area contributed by atoms with Crippen LogP contribution in [0.2, 0.25) is 5.02 Å². The number of halogens is 1. The van der Waals surface area contributed by atoms with Crippen LogP contribution in [0.3, 0.4) is 0 Å². The second-order valence-corrected chi connectivity index (χ2v) is 5.00. The van der Waals surface area contributed by atoms with Crippen molar-refractivity contribution in [1.82, 2.24) is 5.43 Å². The number of methoxy groups -OCH3 is 1. The monoisotopic (exact) mass is 343 g/mol. The van der Waals surface area contributed by atoms with Gasteiger partial charge in [0.1, 0.15) is 6.07 Å². The van der Waals surface area contributed by atoms with Crippen LogP contribution in [-0.4, -0.2) is 25.8 Å². The molecule has 0 saturated heterocycles. The molecule has 6 nitrogen and oxygen atoms in total. The van der Waals surface area contributed by atoms with Crippen molar-refractivity contribution in [2.75, 3.05) is 13.7 Å². The van der Waals surface area contributed by atoms with Crippen molar-refractivity contribution in [3.05, 3.63) is 58.6 Å². The Morgan fingerprint density at radius 2 is 2.17 bits per heavy atom. The quantitative estimate of drug-likeness (QED) is 0.645. The van der Waals surface area contributed by atoms with E-state index in [1.807, 2.05) is 6.07 Å². The fourth-order valence-electron chi connectivity index (χ4n) is 1.85. The average molecular weight is 344 g/mol. The van der Waals surface area contributed by atoms with E-state index in [4.69, 9.17) is 26.3 Å². The molecule has 0 atom stereocenters. The number of benzene rings is 2. The van der Waals surface area contributed by atoms with Gasteiger partial charge in [-0.2, -0.15) is 10.4 Å². The molecule has 0 unspecified atom stereocenters. The van der Waals surface area contributed by atoms with Gasteiger partial charge in [0.2, 0.25) is 0 Å². The maximum Gasteiger partial charge on any atom is 0.271 e. The zero-order valence-electron chi connectivity index (χ0n) is 12.8. The van der Waals surface area contributed by atoms with Crippen LogP contribution in [0.4, 0.5) is 0 Å². The fourth-order valence-corrected chi connectivity index (χ4v) is 2.04. The number of hydrogen-bond donors (Lipinski definition) is 1. The van der Waals surface area contributed by atoms with E-state index in [0.29, 0.717) is 27.6 Å². The third-order valence-electron chi connectivity index (χ3n) is 2.95. The first-order valence-corrected chi connectivity index (χ1v) is 7.28. The third-order valence-corrected chi connectivity index (χ3v) is 3.18. The van der Waals surface area contributed by atoms with Gasteiger partial charge in [-0.25, -0.2) is 5.43 Å². The number of nitrogens with one attached hydrogen (secondary N) is 1. The van der Waals surface area contributed by atoms with Crippen LogP contribution in [0.15, 0.2) is 47.6 Å². The van der Waals surface area contributed by atoms with Crippen LogP contribution in [0.1, 0.15) is 15.9 Å². The molecule has 0 bridgehead atoms. The lowest BCUT2D eigenvalue weighted by Gasteiger charge is -2.08. The standard InChI is InChI=1S/C17H14ClN3O3/c1-23-16-9-12(5-6-15(16)24-8-7-19)11-20-21-17(22)13-3-2-4-14(18)10-13/h2-6,9-11H,8H2,1H3,(H,21,22)/b20-11-. The summed E-state index contributed by atoms with van der Waals surface area (Å²) in [6.07, 6.45) is 1.47. The summed E-state index contributed by atoms with van der Waals surface area (Å²) in [7, 11) is 1.50. The first kappa shape index (κ1) is 17.3. The Morgan fingerprint density at radius 1 is 1.33 bits per heavy atom. The molecule has 2 aromatic rings. The van der Waals surface area contributed by atoms with Crippen LogP contribution < -0.4 is 14.9 Å². The zero-order chi connectivity index (χ0) is 17.4. The smallest absolute Gasteiger partial charge is 0.271 e. The Balaban J connectivity index is 2.04. The van der Waals surface area contributed by atoms with Gasteiger partial charge in [-0.15, -0.1) is 0 Å². The fraction of sp³-hybridized carbons (Fsp3) is 0.118. The number of hydrazone groups is 1. The molecule has 1 N–H and O–H groups in total. The molecule has 24 heavy (non-hydrogen) atoms. The Bertz CT molecular complexity index is 800. The highest BCUT2D eigenvalue weighted by molar-refractivity contribution is 6.30. The lowest BCUT2D eigenvalue weighted by Crippen LogP contribution is -2.17. The number of carbonyl (C=O) groups excluding carboxylic acids is 1. The predicted molar refractivity (Wildman–Crippen MR) is 90.6 cm³/mol. The van der Waals surface area contributed by atoms with Crippen molar-refractivity contribution in [3.8, 4) is 17.6 Å². The molecule has 0 fully saturated rings.